The van der Waals surface area contributed by atoms with Crippen molar-refractivity contribution in [3.8, 4) is 5.75 Å². The number of aromatic hydroxyl groups is 1. The van der Waals surface area contributed by atoms with Gasteiger partial charge in [-0.3, -0.25) is 29.4 Å². The van der Waals surface area contributed by atoms with E-state index in [9.17, 15) is 24.3 Å². The van der Waals surface area contributed by atoms with Gasteiger partial charge >= 0.3 is 0 Å². The Labute approximate surface area is 200 Å². The second-order valence-electron chi connectivity index (χ2n) is 9.20. The molecule has 3 fully saturated rings. The molecule has 2 N–H and O–H groups in total. The maximum Gasteiger partial charge on any atom is 0.253 e. The summed E-state index contributed by atoms with van der Waals surface area (Å²) in [6.45, 7) is 3.71. The molecule has 2 saturated heterocycles. The Balaban J connectivity index is 1.78. The van der Waals surface area contributed by atoms with E-state index in [4.69, 9.17) is 23.2 Å². The van der Waals surface area contributed by atoms with Crippen molar-refractivity contribution in [2.75, 3.05) is 7.05 Å². The molecule has 0 spiro atoms. The van der Waals surface area contributed by atoms with Crippen LogP contribution in [0.4, 0.5) is 0 Å². The van der Waals surface area contributed by atoms with Crippen LogP contribution in [0.5, 0.6) is 5.75 Å². The minimum atomic E-state index is -1.90. The number of phenols is 1. The highest BCUT2D eigenvalue weighted by atomic mass is 35.5. The minimum Gasteiger partial charge on any atom is -0.507 e. The van der Waals surface area contributed by atoms with Gasteiger partial charge in [0.15, 0.2) is 9.75 Å². The summed E-state index contributed by atoms with van der Waals surface area (Å²) in [4.78, 5) is 49.0. The van der Waals surface area contributed by atoms with Gasteiger partial charge in [-0.15, -0.1) is 29.8 Å². The van der Waals surface area contributed by atoms with E-state index in [-0.39, 0.29) is 24.5 Å². The Kier molecular flexibility index (Phi) is 4.82. The summed E-state index contributed by atoms with van der Waals surface area (Å²) in [7, 11) is 1.33. The topological polar surface area (TPSA) is 104 Å². The van der Waals surface area contributed by atoms with Gasteiger partial charge in [0.05, 0.1) is 11.8 Å². The fraction of sp³-hybridized carbons (Fsp3) is 0.417. The maximum atomic E-state index is 13.4. The predicted molar refractivity (Wildman–Crippen MR) is 121 cm³/mol. The number of hydrogen-bond donors (Lipinski definition) is 2. The fourth-order valence-corrected chi connectivity index (χ4v) is 7.18. The second-order valence-corrected chi connectivity index (χ2v) is 10.4. The lowest BCUT2D eigenvalue weighted by Crippen LogP contribution is -2.60. The molecule has 4 aliphatic rings. The minimum absolute atomic E-state index is 0.0631. The Morgan fingerprint density at radius 2 is 1.91 bits per heavy atom. The Morgan fingerprint density at radius 3 is 2.61 bits per heavy atom. The molecular weight excluding hydrogens is 467 g/mol. The van der Waals surface area contributed by atoms with Crippen molar-refractivity contribution in [2.24, 2.45) is 17.8 Å². The molecule has 7 nitrogen and oxygen atoms in total. The molecule has 1 saturated carbocycles. The van der Waals surface area contributed by atoms with Crippen LogP contribution in [0.15, 0.2) is 42.5 Å². The summed E-state index contributed by atoms with van der Waals surface area (Å²) >= 11 is 14.1. The smallest absolute Gasteiger partial charge is 0.253 e. The van der Waals surface area contributed by atoms with Crippen molar-refractivity contribution >= 4 is 46.8 Å². The van der Waals surface area contributed by atoms with Gasteiger partial charge in [-0.25, -0.2) is 0 Å². The number of phenolic OH excluding ortho intramolecular Hbond substituents is 1. The van der Waals surface area contributed by atoms with E-state index < -0.39 is 51.1 Å². The number of allylic oxidation sites excluding steroid dienone is 3. The number of halogens is 2. The van der Waals surface area contributed by atoms with E-state index in [1.165, 1.54) is 7.05 Å². The van der Waals surface area contributed by atoms with Gasteiger partial charge in [-0.1, -0.05) is 35.9 Å². The number of carbonyl (C=O) groups is 4. The molecule has 172 valence electrons. The Hall–Kier alpha value is -2.64. The standard InChI is InChI=1S/C24H22Cl2N2O5/c1-3-5-11-6-4-7-14(18(11)29)17-12-8-9-13-16(20(31)27-19(13)30)15(12)10-23(25)21(32)28(2)22(33)24(17,23)26/h3-4,6-8,13,15-17,29H,1,5,9-10H2,2H3,(H,27,30,31). The summed E-state index contributed by atoms with van der Waals surface area (Å²) in [6.07, 6.45) is 4.07. The number of likely N-dealkylation sites (tertiary alicyclic amines) is 1. The van der Waals surface area contributed by atoms with Crippen molar-refractivity contribution in [1.29, 1.82) is 0 Å². The van der Waals surface area contributed by atoms with Crippen LogP contribution in [0.3, 0.4) is 0 Å². The molecule has 2 aliphatic heterocycles. The maximum absolute atomic E-state index is 13.4. The van der Waals surface area contributed by atoms with Crippen LogP contribution in [0, 0.1) is 17.8 Å². The van der Waals surface area contributed by atoms with Gasteiger partial charge in [0, 0.05) is 18.5 Å². The average molecular weight is 489 g/mol. The highest BCUT2D eigenvalue weighted by Crippen LogP contribution is 2.65. The molecule has 2 heterocycles. The van der Waals surface area contributed by atoms with Crippen molar-refractivity contribution < 1.29 is 24.3 Å². The number of rotatable bonds is 3. The first-order valence-corrected chi connectivity index (χ1v) is 11.5. The third kappa shape index (κ3) is 2.63. The van der Waals surface area contributed by atoms with Gasteiger partial charge < -0.3 is 5.11 Å². The monoisotopic (exact) mass is 488 g/mol. The number of imide groups is 2. The molecule has 1 aromatic carbocycles. The number of nitrogens with zero attached hydrogens (tertiary/aromatic N) is 1. The lowest BCUT2D eigenvalue weighted by molar-refractivity contribution is -0.138. The number of fused-ring (bicyclic) bond motifs is 4. The number of para-hydroxylation sites is 1. The number of hydrogen-bond acceptors (Lipinski definition) is 5. The molecule has 1 aromatic rings. The first-order chi connectivity index (χ1) is 15.6. The molecule has 0 radical (unpaired) electrons. The summed E-state index contributed by atoms with van der Waals surface area (Å²) in [5.74, 6) is -4.99. The van der Waals surface area contributed by atoms with Gasteiger partial charge in [-0.2, -0.15) is 0 Å². The summed E-state index contributed by atoms with van der Waals surface area (Å²) in [5, 5.41) is 13.5. The third-order valence-corrected chi connectivity index (χ3v) is 9.10. The van der Waals surface area contributed by atoms with E-state index in [0.717, 1.165) is 4.90 Å². The van der Waals surface area contributed by atoms with Crippen LogP contribution in [-0.4, -0.2) is 50.4 Å². The normalized spacial score (nSPS) is 37.3. The molecular formula is C24H22Cl2N2O5. The van der Waals surface area contributed by atoms with Crippen molar-refractivity contribution in [3.63, 3.8) is 0 Å². The first kappa shape index (κ1) is 22.2. The number of carbonyl (C=O) groups excluding carboxylic acids is 4. The molecule has 33 heavy (non-hydrogen) atoms. The third-order valence-electron chi connectivity index (χ3n) is 7.68. The average Bonchev–Trinajstić information content (AvgIpc) is 3.14. The van der Waals surface area contributed by atoms with Gasteiger partial charge in [0.1, 0.15) is 5.75 Å². The van der Waals surface area contributed by atoms with Crippen LogP contribution < -0.4 is 5.32 Å². The number of alkyl halides is 2. The zero-order chi connectivity index (χ0) is 23.9. The zero-order valence-electron chi connectivity index (χ0n) is 17.8. The second kappa shape index (κ2) is 7.18. The van der Waals surface area contributed by atoms with E-state index in [1.807, 2.05) is 6.08 Å². The molecule has 4 amide bonds. The lowest BCUT2D eigenvalue weighted by Gasteiger charge is -2.50. The fourth-order valence-electron chi connectivity index (χ4n) is 6.16. The van der Waals surface area contributed by atoms with E-state index in [2.05, 4.69) is 11.9 Å². The number of amides is 4. The Morgan fingerprint density at radius 1 is 1.18 bits per heavy atom. The first-order valence-electron chi connectivity index (χ1n) is 10.7. The largest absolute Gasteiger partial charge is 0.507 e. The summed E-state index contributed by atoms with van der Waals surface area (Å²) < 4.78 is 0. The van der Waals surface area contributed by atoms with E-state index >= 15 is 0 Å². The molecule has 5 rings (SSSR count). The van der Waals surface area contributed by atoms with Crippen LogP contribution >= 0.6 is 23.2 Å². The highest BCUT2D eigenvalue weighted by Gasteiger charge is 2.75. The lowest BCUT2D eigenvalue weighted by atomic mass is 9.56. The van der Waals surface area contributed by atoms with Gasteiger partial charge in [-0.05, 0) is 30.7 Å². The van der Waals surface area contributed by atoms with Crippen molar-refractivity contribution in [2.45, 2.75) is 34.9 Å². The molecule has 9 heteroatoms. The van der Waals surface area contributed by atoms with Crippen molar-refractivity contribution in [3.05, 3.63) is 53.6 Å². The van der Waals surface area contributed by atoms with Crippen LogP contribution in [0.1, 0.15) is 29.9 Å². The summed E-state index contributed by atoms with van der Waals surface area (Å²) in [5.41, 5.74) is 1.58. The van der Waals surface area contributed by atoms with Crippen LogP contribution in [-0.2, 0) is 25.6 Å². The SMILES string of the molecule is C=CCc1cccc(C2C3=CCC4C(=O)NC(=O)C4C3CC3(Cl)C(=O)N(C)C(=O)C23Cl)c1O. The van der Waals surface area contributed by atoms with Gasteiger partial charge in [0.25, 0.3) is 11.8 Å². The predicted octanol–water partition coefficient (Wildman–Crippen LogP) is 2.40. The molecule has 0 bridgehead atoms. The number of benzene rings is 1. The summed E-state index contributed by atoms with van der Waals surface area (Å²) in [6, 6.07) is 5.12. The molecule has 0 aromatic heterocycles. The van der Waals surface area contributed by atoms with E-state index in [1.54, 1.807) is 24.3 Å². The zero-order valence-corrected chi connectivity index (χ0v) is 19.3. The Bertz CT molecular complexity index is 1180. The molecule has 6 unspecified atom stereocenters. The quantitative estimate of drug-likeness (QED) is 0.386. The molecule has 6 atom stereocenters. The molecule has 2 aliphatic carbocycles. The highest BCUT2D eigenvalue weighted by molar-refractivity contribution is 6.53. The number of nitrogens with one attached hydrogen (secondary N) is 1. The van der Waals surface area contributed by atoms with Gasteiger partial charge in [0.2, 0.25) is 11.8 Å². The van der Waals surface area contributed by atoms with Crippen LogP contribution in [0.25, 0.3) is 0 Å². The van der Waals surface area contributed by atoms with Crippen molar-refractivity contribution in [1.82, 2.24) is 10.2 Å². The van der Waals surface area contributed by atoms with Crippen LogP contribution in [0.2, 0.25) is 0 Å². The van der Waals surface area contributed by atoms with E-state index in [0.29, 0.717) is 23.1 Å².